The van der Waals surface area contributed by atoms with E-state index in [1.54, 1.807) is 11.8 Å². The van der Waals surface area contributed by atoms with Crippen molar-refractivity contribution in [1.29, 1.82) is 0 Å². The van der Waals surface area contributed by atoms with Crippen molar-refractivity contribution in [3.8, 4) is 0 Å². The van der Waals surface area contributed by atoms with Gasteiger partial charge in [0.1, 0.15) is 17.5 Å². The summed E-state index contributed by atoms with van der Waals surface area (Å²) >= 11 is 0. The Labute approximate surface area is 174 Å². The van der Waals surface area contributed by atoms with Crippen LogP contribution in [0.4, 0.5) is 0 Å². The molecule has 154 valence electrons. The average Bonchev–Trinajstić information content (AvgIpc) is 3.43. The first-order valence-electron chi connectivity index (χ1n) is 10.1. The number of amides is 2. The van der Waals surface area contributed by atoms with E-state index >= 15 is 0 Å². The van der Waals surface area contributed by atoms with Crippen molar-refractivity contribution in [2.75, 3.05) is 13.1 Å². The number of hydrogen-bond donors (Lipinski definition) is 0. The lowest BCUT2D eigenvalue weighted by Gasteiger charge is -2.47. The van der Waals surface area contributed by atoms with E-state index in [1.807, 2.05) is 40.9 Å². The number of aliphatic imine (C=N–C) groups is 1. The molecule has 3 aliphatic rings. The van der Waals surface area contributed by atoms with Crippen LogP contribution in [0.5, 0.6) is 0 Å². The summed E-state index contributed by atoms with van der Waals surface area (Å²) in [6, 6.07) is 3.70. The number of hydrogen-bond acceptors (Lipinski definition) is 5. The van der Waals surface area contributed by atoms with E-state index in [4.69, 9.17) is 4.52 Å². The highest BCUT2D eigenvalue weighted by molar-refractivity contribution is 6.01. The predicted octanol–water partition coefficient (Wildman–Crippen LogP) is 2.79. The van der Waals surface area contributed by atoms with Gasteiger partial charge in [-0.1, -0.05) is 17.3 Å². The molecular weight excluding hydrogens is 382 g/mol. The van der Waals surface area contributed by atoms with Crippen molar-refractivity contribution in [2.45, 2.75) is 38.9 Å². The third-order valence-electron chi connectivity index (χ3n) is 6.19. The topological polar surface area (TPSA) is 83.9 Å². The molecule has 0 aliphatic carbocycles. The molecule has 2 aromatic rings. The van der Waals surface area contributed by atoms with Crippen LogP contribution in [-0.4, -0.2) is 56.3 Å². The van der Waals surface area contributed by atoms with Crippen LogP contribution in [-0.2, 0) is 6.54 Å². The highest BCUT2D eigenvalue weighted by Crippen LogP contribution is 2.41. The number of fused-ring (bicyclic) bond motifs is 2. The summed E-state index contributed by atoms with van der Waals surface area (Å²) < 4.78 is 6.96. The predicted molar refractivity (Wildman–Crippen MR) is 110 cm³/mol. The molecule has 5 heterocycles. The van der Waals surface area contributed by atoms with Crippen LogP contribution < -0.4 is 0 Å². The molecule has 1 atom stereocenters. The van der Waals surface area contributed by atoms with Gasteiger partial charge in [-0.3, -0.25) is 14.6 Å². The third kappa shape index (κ3) is 2.59. The molecule has 0 spiro atoms. The fourth-order valence-electron chi connectivity index (χ4n) is 4.67. The number of nitrogens with zero attached hydrogens (tertiary/aromatic N) is 5. The summed E-state index contributed by atoms with van der Waals surface area (Å²) in [5.41, 5.74) is 2.45. The highest BCUT2D eigenvalue weighted by Gasteiger charge is 2.57. The maximum absolute atomic E-state index is 13.6. The minimum absolute atomic E-state index is 0.0767. The number of aryl methyl sites for hydroxylation is 1. The zero-order chi connectivity index (χ0) is 20.9. The van der Waals surface area contributed by atoms with Crippen molar-refractivity contribution in [3.05, 3.63) is 65.0 Å². The Morgan fingerprint density at radius 3 is 2.83 bits per heavy atom. The SMILES string of the molecule is CC1=C/CC/C=C(C23Cn4cccc4C(=O)N2CCN3C(=O)c2conc2C)/C=N\1. The lowest BCUT2D eigenvalue weighted by atomic mass is 9.92. The Morgan fingerprint density at radius 2 is 2.03 bits per heavy atom. The van der Waals surface area contributed by atoms with E-state index in [9.17, 15) is 9.59 Å². The van der Waals surface area contributed by atoms with Gasteiger partial charge in [-0.25, -0.2) is 0 Å². The van der Waals surface area contributed by atoms with E-state index < -0.39 is 5.66 Å². The molecule has 3 aliphatic heterocycles. The molecule has 0 bridgehead atoms. The number of aromatic nitrogens is 2. The van der Waals surface area contributed by atoms with Crippen molar-refractivity contribution >= 4 is 18.0 Å². The quantitative estimate of drug-likeness (QED) is 0.769. The van der Waals surface area contributed by atoms with Gasteiger partial charge in [-0.05, 0) is 38.8 Å². The van der Waals surface area contributed by atoms with Gasteiger partial charge in [0.25, 0.3) is 11.8 Å². The molecule has 0 radical (unpaired) electrons. The van der Waals surface area contributed by atoms with Crippen LogP contribution in [0, 0.1) is 6.92 Å². The molecule has 0 aromatic carbocycles. The molecule has 8 heteroatoms. The second-order valence-corrected chi connectivity index (χ2v) is 7.91. The van der Waals surface area contributed by atoms with E-state index in [2.05, 4.69) is 22.3 Å². The van der Waals surface area contributed by atoms with Crippen LogP contribution in [0.1, 0.15) is 46.3 Å². The largest absolute Gasteiger partial charge is 0.364 e. The van der Waals surface area contributed by atoms with Crippen molar-refractivity contribution in [1.82, 2.24) is 19.5 Å². The fraction of sp³-hybridized carbons (Fsp3) is 0.364. The van der Waals surface area contributed by atoms with Gasteiger partial charge < -0.3 is 18.9 Å². The molecule has 2 amide bonds. The molecular formula is C22H23N5O3. The molecule has 2 aromatic heterocycles. The summed E-state index contributed by atoms with van der Waals surface area (Å²) in [7, 11) is 0. The lowest BCUT2D eigenvalue weighted by molar-refractivity contribution is 0.0173. The molecule has 5 rings (SSSR count). The second-order valence-electron chi connectivity index (χ2n) is 7.91. The highest BCUT2D eigenvalue weighted by atomic mass is 16.5. The smallest absolute Gasteiger partial charge is 0.272 e. The zero-order valence-electron chi connectivity index (χ0n) is 17.0. The van der Waals surface area contributed by atoms with Gasteiger partial charge in [-0.15, -0.1) is 0 Å². The van der Waals surface area contributed by atoms with Crippen LogP contribution in [0.25, 0.3) is 0 Å². The van der Waals surface area contributed by atoms with Crippen molar-refractivity contribution in [2.24, 2.45) is 4.99 Å². The number of rotatable bonds is 2. The minimum atomic E-state index is -0.939. The summed E-state index contributed by atoms with van der Waals surface area (Å²) in [5, 5.41) is 3.87. The summed E-state index contributed by atoms with van der Waals surface area (Å²) in [6.45, 7) is 5.05. The maximum Gasteiger partial charge on any atom is 0.272 e. The van der Waals surface area contributed by atoms with Gasteiger partial charge >= 0.3 is 0 Å². The molecule has 8 nitrogen and oxygen atoms in total. The second kappa shape index (κ2) is 6.83. The Morgan fingerprint density at radius 1 is 1.20 bits per heavy atom. The first-order chi connectivity index (χ1) is 14.5. The molecule has 1 fully saturated rings. The summed E-state index contributed by atoms with van der Waals surface area (Å²) in [4.78, 5) is 35.2. The van der Waals surface area contributed by atoms with Gasteiger partial charge in [0.05, 0.1) is 12.2 Å². The summed E-state index contributed by atoms with van der Waals surface area (Å²) in [6.07, 6.45) is 11.0. The van der Waals surface area contributed by atoms with E-state index in [0.717, 1.165) is 24.1 Å². The first kappa shape index (κ1) is 18.6. The molecule has 1 unspecified atom stereocenters. The van der Waals surface area contributed by atoms with Gasteiger partial charge in [0.2, 0.25) is 0 Å². The Kier molecular flexibility index (Phi) is 4.23. The minimum Gasteiger partial charge on any atom is -0.364 e. The molecule has 0 saturated carbocycles. The number of allylic oxidation sites excluding steroid dienone is 3. The van der Waals surface area contributed by atoms with Crippen LogP contribution >= 0.6 is 0 Å². The van der Waals surface area contributed by atoms with Crippen LogP contribution in [0.2, 0.25) is 0 Å². The first-order valence-corrected chi connectivity index (χ1v) is 10.1. The van der Waals surface area contributed by atoms with E-state index in [0.29, 0.717) is 36.6 Å². The van der Waals surface area contributed by atoms with Gasteiger partial charge in [0, 0.05) is 36.8 Å². The maximum atomic E-state index is 13.6. The molecule has 30 heavy (non-hydrogen) atoms. The monoisotopic (exact) mass is 405 g/mol. The number of carbonyl (C=O) groups excluding carboxylic acids is 2. The van der Waals surface area contributed by atoms with Gasteiger partial charge in [-0.2, -0.15) is 0 Å². The van der Waals surface area contributed by atoms with E-state index in [1.165, 1.54) is 6.26 Å². The third-order valence-corrected chi connectivity index (χ3v) is 6.19. The average molecular weight is 405 g/mol. The Bertz CT molecular complexity index is 1120. The Balaban J connectivity index is 1.68. The number of carbonyl (C=O) groups is 2. The standard InChI is InChI=1S/C22H23N5O3/c1-15-6-3-4-7-17(12-23-15)22-14-25-9-5-8-19(25)21(29)27(22)11-10-26(22)20(28)18-13-30-24-16(18)2/h5-9,12-13H,3-4,10-11,14H2,1-2H3/b15-6-,17-7-,23-12-. The lowest BCUT2D eigenvalue weighted by Crippen LogP contribution is -2.63. The van der Waals surface area contributed by atoms with Crippen molar-refractivity contribution in [3.63, 3.8) is 0 Å². The van der Waals surface area contributed by atoms with Crippen LogP contribution in [0.3, 0.4) is 0 Å². The van der Waals surface area contributed by atoms with Crippen LogP contribution in [0.15, 0.2) is 57.5 Å². The molecule has 1 saturated heterocycles. The van der Waals surface area contributed by atoms with Crippen molar-refractivity contribution < 1.29 is 14.1 Å². The molecule has 0 N–H and O–H groups in total. The van der Waals surface area contributed by atoms with E-state index in [-0.39, 0.29) is 11.8 Å². The van der Waals surface area contributed by atoms with Gasteiger partial charge in [0.15, 0.2) is 5.66 Å². The summed E-state index contributed by atoms with van der Waals surface area (Å²) in [5.74, 6) is -0.268. The Hall–Kier alpha value is -3.42. The normalized spacial score (nSPS) is 28.0. The zero-order valence-corrected chi connectivity index (χ0v) is 17.0. The fourth-order valence-corrected chi connectivity index (χ4v) is 4.67.